The molecule has 8 heteroatoms. The summed E-state index contributed by atoms with van der Waals surface area (Å²) in [6, 6.07) is 15.5. The maximum atomic E-state index is 13.6. The molecule has 0 aliphatic rings. The third-order valence-electron chi connectivity index (χ3n) is 4.31. The van der Waals surface area contributed by atoms with Crippen LogP contribution in [0.5, 0.6) is 0 Å². The number of nitrogens with one attached hydrogen (secondary N) is 2. The number of benzene rings is 3. The molecule has 3 aromatic carbocycles. The molecular weight excluding hydrogens is 397 g/mol. The number of rotatable bonds is 6. The number of nitrogens with zero attached hydrogens (tertiary/aromatic N) is 1. The van der Waals surface area contributed by atoms with Gasteiger partial charge in [-0.1, -0.05) is 35.9 Å². The van der Waals surface area contributed by atoms with Gasteiger partial charge in [-0.25, -0.2) is 4.39 Å². The summed E-state index contributed by atoms with van der Waals surface area (Å²) in [5, 5.41) is 17.5. The average molecular weight is 414 g/mol. The number of amides is 1. The first-order valence-corrected chi connectivity index (χ1v) is 9.06. The number of hydrogen-bond donors (Lipinski definition) is 2. The fraction of sp³-hybridized carbons (Fsp3) is 0.0952. The summed E-state index contributed by atoms with van der Waals surface area (Å²) in [4.78, 5) is 23.3. The zero-order valence-corrected chi connectivity index (χ0v) is 16.2. The molecule has 6 nitrogen and oxygen atoms in total. The van der Waals surface area contributed by atoms with Crippen LogP contribution in [0.15, 0.2) is 60.7 Å². The molecule has 29 heavy (non-hydrogen) atoms. The lowest BCUT2D eigenvalue weighted by Crippen LogP contribution is -2.13. The molecule has 1 amide bonds. The average Bonchev–Trinajstić information content (AvgIpc) is 2.70. The summed E-state index contributed by atoms with van der Waals surface area (Å²) >= 11 is 6.10. The number of carbonyl (C=O) groups excluding carboxylic acids is 1. The van der Waals surface area contributed by atoms with Crippen molar-refractivity contribution in [3.8, 4) is 0 Å². The molecule has 0 spiro atoms. The van der Waals surface area contributed by atoms with Gasteiger partial charge in [-0.05, 0) is 48.4 Å². The predicted octanol–water partition coefficient (Wildman–Crippen LogP) is 5.56. The smallest absolute Gasteiger partial charge is 0.293 e. The van der Waals surface area contributed by atoms with Crippen molar-refractivity contribution in [2.45, 2.75) is 13.5 Å². The first kappa shape index (κ1) is 20.3. The van der Waals surface area contributed by atoms with Gasteiger partial charge in [0.1, 0.15) is 11.5 Å². The number of aryl methyl sites for hydroxylation is 1. The van der Waals surface area contributed by atoms with Gasteiger partial charge in [-0.2, -0.15) is 0 Å². The second-order valence-corrected chi connectivity index (χ2v) is 6.76. The molecule has 0 atom stereocenters. The molecule has 0 saturated heterocycles. The van der Waals surface area contributed by atoms with Crippen LogP contribution in [0.4, 0.5) is 21.5 Å². The van der Waals surface area contributed by atoms with Crippen LogP contribution in [0.25, 0.3) is 0 Å². The van der Waals surface area contributed by atoms with E-state index in [1.165, 1.54) is 30.3 Å². The number of anilines is 2. The van der Waals surface area contributed by atoms with E-state index in [-0.39, 0.29) is 29.2 Å². The van der Waals surface area contributed by atoms with Gasteiger partial charge in [0.05, 0.1) is 4.92 Å². The second kappa shape index (κ2) is 8.70. The normalized spacial score (nSPS) is 10.4. The van der Waals surface area contributed by atoms with E-state index < -0.39 is 16.6 Å². The Bertz CT molecular complexity index is 1090. The summed E-state index contributed by atoms with van der Waals surface area (Å²) in [5.74, 6) is -1.03. The zero-order valence-electron chi connectivity index (χ0n) is 15.4. The van der Waals surface area contributed by atoms with Crippen molar-refractivity contribution in [3.05, 3.63) is 98.3 Å². The topological polar surface area (TPSA) is 84.3 Å². The summed E-state index contributed by atoms with van der Waals surface area (Å²) in [6.45, 7) is 1.90. The second-order valence-electron chi connectivity index (χ2n) is 6.35. The van der Waals surface area contributed by atoms with Crippen LogP contribution in [-0.4, -0.2) is 10.8 Å². The molecule has 2 N–H and O–H groups in total. The third kappa shape index (κ3) is 4.89. The van der Waals surface area contributed by atoms with Crippen LogP contribution in [0.1, 0.15) is 21.5 Å². The Hall–Kier alpha value is -3.45. The first-order chi connectivity index (χ1) is 13.8. The highest BCUT2D eigenvalue weighted by Gasteiger charge is 2.18. The summed E-state index contributed by atoms with van der Waals surface area (Å²) in [7, 11) is 0. The van der Waals surface area contributed by atoms with E-state index >= 15 is 0 Å². The van der Waals surface area contributed by atoms with Crippen molar-refractivity contribution in [1.29, 1.82) is 0 Å². The number of nitro benzene ring substituents is 1. The summed E-state index contributed by atoms with van der Waals surface area (Å²) < 4.78 is 13.6. The molecular formula is C21H17ClFN3O3. The number of hydrogen-bond acceptors (Lipinski definition) is 4. The van der Waals surface area contributed by atoms with Crippen molar-refractivity contribution < 1.29 is 14.1 Å². The van der Waals surface area contributed by atoms with E-state index in [0.717, 1.165) is 5.56 Å². The van der Waals surface area contributed by atoms with Gasteiger partial charge < -0.3 is 10.6 Å². The van der Waals surface area contributed by atoms with Crippen molar-refractivity contribution in [1.82, 2.24) is 0 Å². The standard InChI is InChI=1S/C21H17ClFN3O3/c1-13-6-8-16(11-18(13)23)25-21(27)14-7-9-19(20(10-14)26(28)29)24-12-15-4-2-3-5-17(15)22/h2-11,24H,12H2,1H3,(H,25,27). The maximum Gasteiger partial charge on any atom is 0.293 e. The van der Waals surface area contributed by atoms with Crippen LogP contribution in [0.3, 0.4) is 0 Å². The quantitative estimate of drug-likeness (QED) is 0.409. The summed E-state index contributed by atoms with van der Waals surface area (Å²) in [5.41, 5.74) is 1.59. The van der Waals surface area contributed by atoms with Crippen LogP contribution < -0.4 is 10.6 Å². The van der Waals surface area contributed by atoms with Gasteiger partial charge in [0, 0.05) is 28.9 Å². The van der Waals surface area contributed by atoms with E-state index in [9.17, 15) is 19.3 Å². The Morgan fingerprint density at radius 1 is 1.14 bits per heavy atom. The molecule has 0 heterocycles. The highest BCUT2D eigenvalue weighted by Crippen LogP contribution is 2.27. The van der Waals surface area contributed by atoms with Crippen LogP contribution in [0.2, 0.25) is 5.02 Å². The van der Waals surface area contributed by atoms with Crippen LogP contribution >= 0.6 is 11.6 Å². The molecule has 148 valence electrons. The Morgan fingerprint density at radius 3 is 2.59 bits per heavy atom. The van der Waals surface area contributed by atoms with Crippen molar-refractivity contribution >= 4 is 34.6 Å². The van der Waals surface area contributed by atoms with Crippen molar-refractivity contribution in [3.63, 3.8) is 0 Å². The van der Waals surface area contributed by atoms with Crippen LogP contribution in [-0.2, 0) is 6.54 Å². The molecule has 0 aliphatic carbocycles. The predicted molar refractivity (Wildman–Crippen MR) is 111 cm³/mol. The fourth-order valence-corrected chi connectivity index (χ4v) is 2.88. The van der Waals surface area contributed by atoms with E-state index in [2.05, 4.69) is 10.6 Å². The van der Waals surface area contributed by atoms with E-state index in [1.807, 2.05) is 12.1 Å². The minimum Gasteiger partial charge on any atom is -0.375 e. The lowest BCUT2D eigenvalue weighted by Gasteiger charge is -2.10. The maximum absolute atomic E-state index is 13.6. The van der Waals surface area contributed by atoms with Gasteiger partial charge in [-0.3, -0.25) is 14.9 Å². The molecule has 0 aliphatic heterocycles. The molecule has 0 fully saturated rings. The van der Waals surface area contributed by atoms with E-state index in [0.29, 0.717) is 10.6 Å². The molecule has 3 aromatic rings. The molecule has 0 saturated carbocycles. The zero-order chi connectivity index (χ0) is 21.0. The highest BCUT2D eigenvalue weighted by molar-refractivity contribution is 6.31. The van der Waals surface area contributed by atoms with Gasteiger partial charge >= 0.3 is 0 Å². The fourth-order valence-electron chi connectivity index (χ4n) is 2.68. The first-order valence-electron chi connectivity index (χ1n) is 8.68. The molecule has 3 rings (SSSR count). The lowest BCUT2D eigenvalue weighted by molar-refractivity contribution is -0.384. The lowest BCUT2D eigenvalue weighted by atomic mass is 10.1. The number of halogens is 2. The minimum atomic E-state index is -0.575. The Kier molecular flexibility index (Phi) is 6.09. The largest absolute Gasteiger partial charge is 0.375 e. The van der Waals surface area contributed by atoms with Crippen molar-refractivity contribution in [2.24, 2.45) is 0 Å². The van der Waals surface area contributed by atoms with E-state index in [1.54, 1.807) is 25.1 Å². The third-order valence-corrected chi connectivity index (χ3v) is 4.68. The van der Waals surface area contributed by atoms with Gasteiger partial charge in [-0.15, -0.1) is 0 Å². The van der Waals surface area contributed by atoms with E-state index in [4.69, 9.17) is 11.6 Å². The van der Waals surface area contributed by atoms with Crippen LogP contribution in [0, 0.1) is 22.9 Å². The van der Waals surface area contributed by atoms with Gasteiger partial charge in [0.2, 0.25) is 0 Å². The molecule has 0 unspecified atom stereocenters. The molecule has 0 radical (unpaired) electrons. The molecule has 0 aromatic heterocycles. The SMILES string of the molecule is Cc1ccc(NC(=O)c2ccc(NCc3ccccc3Cl)c([N+](=O)[O-])c2)cc1F. The molecule has 0 bridgehead atoms. The highest BCUT2D eigenvalue weighted by atomic mass is 35.5. The Balaban J connectivity index is 1.79. The summed E-state index contributed by atoms with van der Waals surface area (Å²) in [6.07, 6.45) is 0. The Morgan fingerprint density at radius 2 is 1.90 bits per heavy atom. The monoisotopic (exact) mass is 413 g/mol. The minimum absolute atomic E-state index is 0.0842. The number of nitro groups is 1. The van der Waals surface area contributed by atoms with Gasteiger partial charge in [0.15, 0.2) is 0 Å². The van der Waals surface area contributed by atoms with Crippen molar-refractivity contribution in [2.75, 3.05) is 10.6 Å². The Labute approximate surface area is 171 Å². The van der Waals surface area contributed by atoms with Gasteiger partial charge in [0.25, 0.3) is 11.6 Å². The number of carbonyl (C=O) groups is 1.